The van der Waals surface area contributed by atoms with Crippen LogP contribution in [0.4, 0.5) is 0 Å². The van der Waals surface area contributed by atoms with Gasteiger partial charge in [0.2, 0.25) is 0 Å². The molecule has 0 fully saturated rings. The number of fused-ring (bicyclic) bond motifs is 1. The predicted molar refractivity (Wildman–Crippen MR) is 77.6 cm³/mol. The van der Waals surface area contributed by atoms with Gasteiger partial charge in [0, 0.05) is 17.7 Å². The lowest BCUT2D eigenvalue weighted by atomic mass is 9.80. The Bertz CT molecular complexity index is 476. The third-order valence-corrected chi connectivity index (χ3v) is 3.86. The average molecular weight is 263 g/mol. The highest BCUT2D eigenvalue weighted by atomic mass is 16.5. The van der Waals surface area contributed by atoms with Gasteiger partial charge in [0.25, 0.3) is 0 Å². The van der Waals surface area contributed by atoms with Crippen LogP contribution < -0.4 is 10.5 Å². The summed E-state index contributed by atoms with van der Waals surface area (Å²) in [6.07, 6.45) is 1.48. The molecule has 1 aliphatic heterocycles. The van der Waals surface area contributed by atoms with Gasteiger partial charge in [0.15, 0.2) is 0 Å². The molecule has 2 rings (SSSR count). The SMILES string of the molecule is Cc1cc(C(C)(C)C)c2c(c1)C(O)(CN)CCCO2. The van der Waals surface area contributed by atoms with E-state index in [2.05, 4.69) is 33.8 Å². The zero-order valence-electron chi connectivity index (χ0n) is 12.4. The molecule has 3 heteroatoms. The topological polar surface area (TPSA) is 55.5 Å². The summed E-state index contributed by atoms with van der Waals surface area (Å²) in [4.78, 5) is 0. The fourth-order valence-electron chi connectivity index (χ4n) is 2.72. The minimum Gasteiger partial charge on any atom is -0.493 e. The van der Waals surface area contributed by atoms with Crippen LogP contribution in [-0.4, -0.2) is 18.3 Å². The molecule has 1 aromatic carbocycles. The Labute approximate surface area is 115 Å². The summed E-state index contributed by atoms with van der Waals surface area (Å²) < 4.78 is 5.94. The van der Waals surface area contributed by atoms with Crippen molar-refractivity contribution in [3.8, 4) is 5.75 Å². The average Bonchev–Trinajstić information content (AvgIpc) is 2.48. The van der Waals surface area contributed by atoms with Crippen molar-refractivity contribution in [1.82, 2.24) is 0 Å². The van der Waals surface area contributed by atoms with Crippen LogP contribution in [0, 0.1) is 6.92 Å². The number of aryl methyl sites for hydroxylation is 1. The highest BCUT2D eigenvalue weighted by molar-refractivity contribution is 5.51. The van der Waals surface area contributed by atoms with E-state index in [0.29, 0.717) is 13.0 Å². The fourth-order valence-corrected chi connectivity index (χ4v) is 2.72. The van der Waals surface area contributed by atoms with E-state index >= 15 is 0 Å². The lowest BCUT2D eigenvalue weighted by molar-refractivity contribution is 0.0373. The van der Waals surface area contributed by atoms with Crippen molar-refractivity contribution in [2.45, 2.75) is 51.6 Å². The summed E-state index contributed by atoms with van der Waals surface area (Å²) in [6.45, 7) is 9.42. The maximum Gasteiger partial charge on any atom is 0.129 e. The summed E-state index contributed by atoms with van der Waals surface area (Å²) in [5.41, 5.74) is 7.99. The lowest BCUT2D eigenvalue weighted by Gasteiger charge is -2.30. The molecule has 1 atom stereocenters. The van der Waals surface area contributed by atoms with Crippen LogP contribution in [0.1, 0.15) is 50.3 Å². The van der Waals surface area contributed by atoms with Gasteiger partial charge in [-0.15, -0.1) is 0 Å². The maximum absolute atomic E-state index is 10.8. The molecule has 0 amide bonds. The second-order valence-electron chi connectivity index (χ2n) is 6.63. The van der Waals surface area contributed by atoms with E-state index < -0.39 is 5.60 Å². The van der Waals surface area contributed by atoms with Crippen molar-refractivity contribution in [2.24, 2.45) is 5.73 Å². The molecular formula is C16H25NO2. The molecule has 1 heterocycles. The van der Waals surface area contributed by atoms with Crippen LogP contribution in [-0.2, 0) is 11.0 Å². The van der Waals surface area contributed by atoms with Crippen LogP contribution in [0.3, 0.4) is 0 Å². The van der Waals surface area contributed by atoms with Gasteiger partial charge in [-0.25, -0.2) is 0 Å². The van der Waals surface area contributed by atoms with Crippen molar-refractivity contribution in [2.75, 3.05) is 13.2 Å². The number of hydrogen-bond donors (Lipinski definition) is 2. The Morgan fingerprint density at radius 1 is 1.37 bits per heavy atom. The summed E-state index contributed by atoms with van der Waals surface area (Å²) in [5, 5.41) is 10.8. The number of benzene rings is 1. The normalized spacial score (nSPS) is 23.5. The first-order valence-electron chi connectivity index (χ1n) is 6.99. The van der Waals surface area contributed by atoms with Gasteiger partial charge in [0.05, 0.1) is 6.61 Å². The quantitative estimate of drug-likeness (QED) is 0.819. The van der Waals surface area contributed by atoms with E-state index in [1.165, 1.54) is 0 Å². The van der Waals surface area contributed by atoms with Gasteiger partial charge in [-0.2, -0.15) is 0 Å². The third-order valence-electron chi connectivity index (χ3n) is 3.86. The molecule has 0 bridgehead atoms. The highest BCUT2D eigenvalue weighted by Gasteiger charge is 2.35. The first-order valence-corrected chi connectivity index (χ1v) is 6.99. The van der Waals surface area contributed by atoms with E-state index in [1.54, 1.807) is 0 Å². The van der Waals surface area contributed by atoms with Crippen molar-refractivity contribution in [3.63, 3.8) is 0 Å². The highest BCUT2D eigenvalue weighted by Crippen LogP contribution is 2.42. The van der Waals surface area contributed by atoms with Crippen LogP contribution >= 0.6 is 0 Å². The van der Waals surface area contributed by atoms with Crippen molar-refractivity contribution < 1.29 is 9.84 Å². The van der Waals surface area contributed by atoms with E-state index in [-0.39, 0.29) is 12.0 Å². The van der Waals surface area contributed by atoms with Gasteiger partial charge >= 0.3 is 0 Å². The number of aliphatic hydroxyl groups is 1. The molecule has 1 aromatic rings. The van der Waals surface area contributed by atoms with E-state index in [4.69, 9.17) is 10.5 Å². The van der Waals surface area contributed by atoms with Gasteiger partial charge in [-0.05, 0) is 31.2 Å². The third kappa shape index (κ3) is 2.63. The zero-order valence-corrected chi connectivity index (χ0v) is 12.4. The summed E-state index contributed by atoms with van der Waals surface area (Å²) >= 11 is 0. The Morgan fingerprint density at radius 3 is 2.63 bits per heavy atom. The molecule has 0 radical (unpaired) electrons. The largest absolute Gasteiger partial charge is 0.493 e. The summed E-state index contributed by atoms with van der Waals surface area (Å²) in [5.74, 6) is 0.837. The van der Waals surface area contributed by atoms with Crippen LogP contribution in [0.5, 0.6) is 5.75 Å². The van der Waals surface area contributed by atoms with Gasteiger partial charge < -0.3 is 15.6 Å². The Morgan fingerprint density at radius 2 is 2.05 bits per heavy atom. The molecule has 3 nitrogen and oxygen atoms in total. The first-order chi connectivity index (χ1) is 8.78. The van der Waals surface area contributed by atoms with Crippen molar-refractivity contribution >= 4 is 0 Å². The molecule has 0 saturated heterocycles. The van der Waals surface area contributed by atoms with E-state index in [1.807, 2.05) is 6.07 Å². The van der Waals surface area contributed by atoms with Gasteiger partial charge in [-0.3, -0.25) is 0 Å². The second kappa shape index (κ2) is 4.80. The van der Waals surface area contributed by atoms with Crippen molar-refractivity contribution in [1.29, 1.82) is 0 Å². The molecule has 1 aliphatic rings. The van der Waals surface area contributed by atoms with Crippen molar-refractivity contribution in [3.05, 3.63) is 28.8 Å². The number of hydrogen-bond acceptors (Lipinski definition) is 3. The lowest BCUT2D eigenvalue weighted by Crippen LogP contribution is -2.35. The molecule has 19 heavy (non-hydrogen) atoms. The first kappa shape index (κ1) is 14.4. The fraction of sp³-hybridized carbons (Fsp3) is 0.625. The number of ether oxygens (including phenoxy) is 1. The number of rotatable bonds is 1. The van der Waals surface area contributed by atoms with E-state index in [9.17, 15) is 5.11 Å². The van der Waals surface area contributed by atoms with Crippen LogP contribution in [0.15, 0.2) is 12.1 Å². The summed E-state index contributed by atoms with van der Waals surface area (Å²) in [6, 6.07) is 4.17. The smallest absolute Gasteiger partial charge is 0.129 e. The Balaban J connectivity index is 2.69. The molecule has 0 aliphatic carbocycles. The Kier molecular flexibility index (Phi) is 3.63. The summed E-state index contributed by atoms with van der Waals surface area (Å²) in [7, 11) is 0. The minimum atomic E-state index is -0.960. The number of nitrogens with two attached hydrogens (primary N) is 1. The molecule has 3 N–H and O–H groups in total. The second-order valence-corrected chi connectivity index (χ2v) is 6.63. The Hall–Kier alpha value is -1.06. The molecule has 0 aromatic heterocycles. The maximum atomic E-state index is 10.8. The van der Waals surface area contributed by atoms with Gasteiger partial charge in [0.1, 0.15) is 11.4 Å². The molecule has 0 spiro atoms. The van der Waals surface area contributed by atoms with Gasteiger partial charge in [-0.1, -0.05) is 32.4 Å². The van der Waals surface area contributed by atoms with Crippen LogP contribution in [0.2, 0.25) is 0 Å². The monoisotopic (exact) mass is 263 g/mol. The molecule has 106 valence electrons. The van der Waals surface area contributed by atoms with Crippen LogP contribution in [0.25, 0.3) is 0 Å². The van der Waals surface area contributed by atoms with E-state index in [0.717, 1.165) is 28.9 Å². The molecular weight excluding hydrogens is 238 g/mol. The zero-order chi connectivity index (χ0) is 14.3. The minimum absolute atomic E-state index is 0.0179. The molecule has 1 unspecified atom stereocenters. The molecule has 0 saturated carbocycles. The standard InChI is InChI=1S/C16H25NO2/c1-11-8-12(15(2,3)4)14-13(9-11)16(18,10-17)6-5-7-19-14/h8-9,18H,5-7,10,17H2,1-4H3. The predicted octanol–water partition coefficient (Wildman–Crippen LogP) is 2.61.